The van der Waals surface area contributed by atoms with E-state index in [9.17, 15) is 13.2 Å². The van der Waals surface area contributed by atoms with E-state index in [-0.39, 0.29) is 9.79 Å². The van der Waals surface area contributed by atoms with E-state index in [1.165, 1.54) is 30.7 Å². The summed E-state index contributed by atoms with van der Waals surface area (Å²) in [6, 6.07) is 9.84. The van der Waals surface area contributed by atoms with E-state index in [0.717, 1.165) is 0 Å². The number of aromatic nitrogens is 2. The number of pyridine rings is 1. The molecule has 0 aliphatic heterocycles. The molecule has 4 N–H and O–H groups in total. The second kappa shape index (κ2) is 8.66. The van der Waals surface area contributed by atoms with Gasteiger partial charge in [-0.25, -0.2) is 8.42 Å². The first kappa shape index (κ1) is 22.5. The minimum Gasteiger partial charge on any atom is -0.480 e. The molecular weight excluding hydrogens is 566 g/mol. The van der Waals surface area contributed by atoms with Crippen LogP contribution in [0.15, 0.2) is 79.8 Å². The number of sulfone groups is 1. The number of nitrogens with zero attached hydrogens (tertiary/aromatic N) is 1. The summed E-state index contributed by atoms with van der Waals surface area (Å²) in [5, 5.41) is 9.60. The first-order valence-corrected chi connectivity index (χ1v) is 12.2. The van der Waals surface area contributed by atoms with Gasteiger partial charge in [-0.15, -0.1) is 0 Å². The molecule has 8 nitrogen and oxygen atoms in total. The Kier molecular flexibility index (Phi) is 6.08. The van der Waals surface area contributed by atoms with E-state index in [2.05, 4.69) is 41.8 Å². The van der Waals surface area contributed by atoms with Crippen molar-refractivity contribution in [1.29, 1.82) is 0 Å². The summed E-state index contributed by atoms with van der Waals surface area (Å²) in [6.07, 6.45) is 4.29. The zero-order chi connectivity index (χ0) is 23.0. The number of hydrogen-bond donors (Lipinski definition) is 3. The largest absolute Gasteiger partial charge is 0.480 e. The average molecular weight is 581 g/mol. The maximum absolute atomic E-state index is 13.1. The van der Waals surface area contributed by atoms with Gasteiger partial charge in [0.2, 0.25) is 9.84 Å². The third-order valence-electron chi connectivity index (χ3n) is 4.73. The van der Waals surface area contributed by atoms with Gasteiger partial charge >= 0.3 is 5.97 Å². The van der Waals surface area contributed by atoms with Crippen molar-refractivity contribution in [2.75, 3.05) is 0 Å². The normalized spacial score (nSPS) is 12.6. The smallest absolute Gasteiger partial charge is 0.325 e. The molecule has 0 spiro atoms. The quantitative estimate of drug-likeness (QED) is 0.298. The number of hydrogen-bond acceptors (Lipinski definition) is 6. The molecule has 0 amide bonds. The molecule has 164 valence electrons. The van der Waals surface area contributed by atoms with Crippen molar-refractivity contribution < 1.29 is 23.1 Å². The molecular formula is C21H15Br2N3O5S. The lowest BCUT2D eigenvalue weighted by molar-refractivity contribution is -0.138. The van der Waals surface area contributed by atoms with Crippen molar-refractivity contribution in [3.8, 4) is 11.5 Å². The van der Waals surface area contributed by atoms with E-state index >= 15 is 0 Å². The van der Waals surface area contributed by atoms with Crippen LogP contribution in [0.3, 0.4) is 0 Å². The van der Waals surface area contributed by atoms with Gasteiger partial charge in [-0.2, -0.15) is 0 Å². The summed E-state index contributed by atoms with van der Waals surface area (Å²) >= 11 is 6.76. The molecule has 2 aromatic heterocycles. The van der Waals surface area contributed by atoms with Crippen molar-refractivity contribution >= 4 is 58.6 Å². The molecule has 0 aliphatic carbocycles. The summed E-state index contributed by atoms with van der Waals surface area (Å²) in [5.41, 5.74) is 6.70. The SMILES string of the molecule is N[C@H](C(=O)O)c1cc(Br)c(Oc2ccc3[nH]cc(S(=O)(=O)c4ccncc4)c3c2)c(Br)c1. The number of nitrogens with two attached hydrogens (primary N) is 1. The van der Waals surface area contributed by atoms with E-state index in [1.54, 1.807) is 30.3 Å². The summed E-state index contributed by atoms with van der Waals surface area (Å²) in [6.45, 7) is 0. The van der Waals surface area contributed by atoms with Gasteiger partial charge in [-0.05, 0) is 79.9 Å². The number of benzene rings is 2. The molecule has 0 radical (unpaired) electrons. The summed E-state index contributed by atoms with van der Waals surface area (Å²) in [4.78, 5) is 18.3. The number of H-pyrrole nitrogens is 1. The molecule has 1 atom stereocenters. The molecule has 2 aromatic carbocycles. The van der Waals surface area contributed by atoms with Crippen LogP contribution in [-0.4, -0.2) is 29.5 Å². The Labute approximate surface area is 199 Å². The minimum absolute atomic E-state index is 0.116. The summed E-state index contributed by atoms with van der Waals surface area (Å²) in [7, 11) is -3.77. The maximum Gasteiger partial charge on any atom is 0.325 e. The third-order valence-corrected chi connectivity index (χ3v) is 7.72. The fraction of sp³-hybridized carbons (Fsp3) is 0.0476. The van der Waals surface area contributed by atoms with Gasteiger partial charge in [-0.1, -0.05) is 0 Å². The topological polar surface area (TPSA) is 135 Å². The van der Waals surface area contributed by atoms with Crippen LogP contribution in [0.1, 0.15) is 11.6 Å². The molecule has 0 fully saturated rings. The number of carboxylic acid groups (broad SMARTS) is 1. The van der Waals surface area contributed by atoms with E-state index in [0.29, 0.717) is 36.9 Å². The van der Waals surface area contributed by atoms with Gasteiger partial charge < -0.3 is 20.6 Å². The lowest BCUT2D eigenvalue weighted by Crippen LogP contribution is -2.20. The molecule has 0 unspecified atom stereocenters. The Hall–Kier alpha value is -2.73. The molecule has 32 heavy (non-hydrogen) atoms. The molecule has 0 saturated heterocycles. The van der Waals surface area contributed by atoms with Gasteiger partial charge in [0.25, 0.3) is 0 Å². The van der Waals surface area contributed by atoms with Crippen LogP contribution in [0, 0.1) is 0 Å². The maximum atomic E-state index is 13.1. The van der Waals surface area contributed by atoms with Crippen molar-refractivity contribution in [3.05, 3.63) is 75.6 Å². The number of fused-ring (bicyclic) bond motifs is 1. The molecule has 0 bridgehead atoms. The lowest BCUT2D eigenvalue weighted by atomic mass is 10.1. The van der Waals surface area contributed by atoms with E-state index in [1.807, 2.05) is 0 Å². The molecule has 0 saturated carbocycles. The Morgan fingerprint density at radius 1 is 1.09 bits per heavy atom. The first-order valence-electron chi connectivity index (χ1n) is 9.10. The highest BCUT2D eigenvalue weighted by Gasteiger charge is 2.23. The van der Waals surface area contributed by atoms with E-state index in [4.69, 9.17) is 15.6 Å². The van der Waals surface area contributed by atoms with E-state index < -0.39 is 21.8 Å². The zero-order valence-corrected chi connectivity index (χ0v) is 20.1. The van der Waals surface area contributed by atoms with Gasteiger partial charge in [0, 0.05) is 29.5 Å². The van der Waals surface area contributed by atoms with Gasteiger partial charge in [0.1, 0.15) is 11.8 Å². The summed E-state index contributed by atoms with van der Waals surface area (Å²) in [5.74, 6) is -0.377. The van der Waals surface area contributed by atoms with Crippen molar-refractivity contribution in [2.45, 2.75) is 15.8 Å². The highest BCUT2D eigenvalue weighted by Crippen LogP contribution is 2.40. The molecule has 0 aliphatic rings. The second-order valence-electron chi connectivity index (χ2n) is 6.78. The van der Waals surface area contributed by atoms with Gasteiger partial charge in [0.15, 0.2) is 5.75 Å². The average Bonchev–Trinajstić information content (AvgIpc) is 3.20. The predicted octanol–water partition coefficient (Wildman–Crippen LogP) is 4.80. The number of carboxylic acids is 1. The predicted molar refractivity (Wildman–Crippen MR) is 124 cm³/mol. The number of ether oxygens (including phenoxy) is 1. The highest BCUT2D eigenvalue weighted by molar-refractivity contribution is 9.11. The number of carbonyl (C=O) groups is 1. The fourth-order valence-corrected chi connectivity index (χ4v) is 5.91. The Morgan fingerprint density at radius 2 is 1.75 bits per heavy atom. The fourth-order valence-electron chi connectivity index (χ4n) is 3.12. The Balaban J connectivity index is 1.73. The number of aliphatic carboxylic acids is 1. The number of aromatic amines is 1. The highest BCUT2D eigenvalue weighted by atomic mass is 79.9. The zero-order valence-electron chi connectivity index (χ0n) is 16.1. The van der Waals surface area contributed by atoms with Crippen LogP contribution in [-0.2, 0) is 14.6 Å². The molecule has 11 heteroatoms. The van der Waals surface area contributed by atoms with Crippen molar-refractivity contribution in [2.24, 2.45) is 5.73 Å². The first-order chi connectivity index (χ1) is 15.2. The van der Waals surface area contributed by atoms with Crippen LogP contribution in [0.2, 0.25) is 0 Å². The monoisotopic (exact) mass is 579 g/mol. The second-order valence-corrected chi connectivity index (χ2v) is 10.4. The van der Waals surface area contributed by atoms with Gasteiger partial charge in [0.05, 0.1) is 18.7 Å². The molecule has 4 aromatic rings. The van der Waals surface area contributed by atoms with Gasteiger partial charge in [-0.3, -0.25) is 9.78 Å². The standard InChI is InChI=1S/C21H15Br2N3O5S/c22-15-7-11(19(24)21(27)28)8-16(23)20(15)31-12-1-2-17-14(9-12)18(10-26-17)32(29,30)13-3-5-25-6-4-13/h1-10,19,26H,24H2,(H,27,28)/t19-/m0/s1. The lowest BCUT2D eigenvalue weighted by Gasteiger charge is -2.14. The van der Waals surface area contributed by atoms with Crippen LogP contribution < -0.4 is 10.5 Å². The summed E-state index contributed by atoms with van der Waals surface area (Å²) < 4.78 is 33.1. The number of nitrogens with one attached hydrogen (secondary N) is 1. The number of rotatable bonds is 6. The van der Waals surface area contributed by atoms with Crippen LogP contribution in [0.5, 0.6) is 11.5 Å². The third kappa shape index (κ3) is 4.16. The minimum atomic E-state index is -3.77. The van der Waals surface area contributed by atoms with Crippen LogP contribution in [0.25, 0.3) is 10.9 Å². The van der Waals surface area contributed by atoms with Crippen molar-refractivity contribution in [3.63, 3.8) is 0 Å². The molecule has 4 rings (SSSR count). The van der Waals surface area contributed by atoms with Crippen LogP contribution in [0.4, 0.5) is 0 Å². The Bertz CT molecular complexity index is 1420. The number of halogens is 2. The Morgan fingerprint density at radius 3 is 2.38 bits per heavy atom. The van der Waals surface area contributed by atoms with Crippen molar-refractivity contribution in [1.82, 2.24) is 9.97 Å². The van der Waals surface area contributed by atoms with Crippen LogP contribution >= 0.6 is 31.9 Å². The molecule has 2 heterocycles.